The van der Waals surface area contributed by atoms with E-state index in [1.165, 1.54) is 11.5 Å². The minimum atomic E-state index is -0.229. The molecule has 0 amide bonds. The van der Waals surface area contributed by atoms with Gasteiger partial charge in [-0.15, -0.1) is 0 Å². The van der Waals surface area contributed by atoms with E-state index in [2.05, 4.69) is 4.74 Å². The Balaban J connectivity index is 2.46. The second-order valence-corrected chi connectivity index (χ2v) is 2.74. The topological polar surface area (TPSA) is 29.5 Å². The molecule has 0 aromatic rings. The molecule has 1 fully saturated rings. The van der Waals surface area contributed by atoms with Crippen LogP contribution in [0.25, 0.3) is 0 Å². The lowest BCUT2D eigenvalue weighted by atomic mass is 10.2. The van der Waals surface area contributed by atoms with E-state index in [0.717, 1.165) is 19.4 Å². The molecule has 3 nitrogen and oxygen atoms in total. The van der Waals surface area contributed by atoms with E-state index in [4.69, 9.17) is 11.8 Å². The maximum Gasteiger partial charge on any atom is 0.324 e. The van der Waals surface area contributed by atoms with Crippen LogP contribution in [0.3, 0.4) is 0 Å². The molecule has 1 aliphatic rings. The van der Waals surface area contributed by atoms with Gasteiger partial charge in [0.1, 0.15) is 6.04 Å². The smallest absolute Gasteiger partial charge is 0.324 e. The molecule has 1 atom stereocenters. The SMILES string of the molecule is COC(=O)C1CCCN1Cl. The molecule has 1 aliphatic heterocycles. The van der Waals surface area contributed by atoms with Gasteiger partial charge in [0.2, 0.25) is 0 Å². The van der Waals surface area contributed by atoms with Gasteiger partial charge < -0.3 is 4.74 Å². The molecule has 0 N–H and O–H groups in total. The first kappa shape index (κ1) is 7.82. The summed E-state index contributed by atoms with van der Waals surface area (Å²) in [4.78, 5) is 10.9. The highest BCUT2D eigenvalue weighted by atomic mass is 35.5. The van der Waals surface area contributed by atoms with Gasteiger partial charge in [-0.05, 0) is 24.6 Å². The zero-order chi connectivity index (χ0) is 7.56. The molecule has 0 aromatic heterocycles. The van der Waals surface area contributed by atoms with Crippen LogP contribution in [0, 0.1) is 0 Å². The van der Waals surface area contributed by atoms with Crippen molar-refractivity contribution >= 4 is 17.7 Å². The zero-order valence-corrected chi connectivity index (χ0v) is 6.60. The predicted molar refractivity (Wildman–Crippen MR) is 37.6 cm³/mol. The van der Waals surface area contributed by atoms with E-state index >= 15 is 0 Å². The van der Waals surface area contributed by atoms with E-state index < -0.39 is 0 Å². The Morgan fingerprint density at radius 3 is 2.90 bits per heavy atom. The normalized spacial score (nSPS) is 26.8. The highest BCUT2D eigenvalue weighted by Gasteiger charge is 2.29. The van der Waals surface area contributed by atoms with Crippen molar-refractivity contribution in [2.45, 2.75) is 18.9 Å². The number of esters is 1. The van der Waals surface area contributed by atoms with Crippen LogP contribution < -0.4 is 0 Å². The molecule has 0 bridgehead atoms. The highest BCUT2D eigenvalue weighted by molar-refractivity contribution is 6.15. The summed E-state index contributed by atoms with van der Waals surface area (Å²) < 4.78 is 6.05. The fourth-order valence-electron chi connectivity index (χ4n) is 1.10. The monoisotopic (exact) mass is 163 g/mol. The van der Waals surface area contributed by atoms with E-state index in [0.29, 0.717) is 0 Å². The minimum absolute atomic E-state index is 0.216. The van der Waals surface area contributed by atoms with Crippen molar-refractivity contribution in [3.8, 4) is 0 Å². The van der Waals surface area contributed by atoms with Crippen LogP contribution >= 0.6 is 11.8 Å². The van der Waals surface area contributed by atoms with Crippen molar-refractivity contribution in [3.05, 3.63) is 0 Å². The van der Waals surface area contributed by atoms with Gasteiger partial charge >= 0.3 is 5.97 Å². The highest BCUT2D eigenvalue weighted by Crippen LogP contribution is 2.19. The summed E-state index contributed by atoms with van der Waals surface area (Å²) in [6.07, 6.45) is 1.79. The summed E-state index contributed by atoms with van der Waals surface area (Å²) in [5, 5.41) is 0. The number of halogens is 1. The van der Waals surface area contributed by atoms with Crippen molar-refractivity contribution in [1.29, 1.82) is 0 Å². The Bertz CT molecular complexity index is 140. The van der Waals surface area contributed by atoms with Crippen molar-refractivity contribution in [3.63, 3.8) is 0 Å². The first-order chi connectivity index (χ1) is 4.75. The molecular weight excluding hydrogens is 154 g/mol. The number of carbonyl (C=O) groups excluding carboxylic acids is 1. The lowest BCUT2D eigenvalue weighted by Crippen LogP contribution is -2.30. The molecule has 58 valence electrons. The predicted octanol–water partition coefficient (Wildman–Crippen LogP) is 0.778. The van der Waals surface area contributed by atoms with Crippen LogP contribution in [0.4, 0.5) is 0 Å². The van der Waals surface area contributed by atoms with Gasteiger partial charge in [0.25, 0.3) is 0 Å². The second kappa shape index (κ2) is 3.21. The zero-order valence-electron chi connectivity index (χ0n) is 5.84. The van der Waals surface area contributed by atoms with Gasteiger partial charge in [-0.2, -0.15) is 0 Å². The van der Waals surface area contributed by atoms with Crippen LogP contribution in [0.5, 0.6) is 0 Å². The molecule has 4 heteroatoms. The number of rotatable bonds is 1. The standard InChI is InChI=1S/C6H10ClNO2/c1-10-6(9)5-3-2-4-8(5)7/h5H,2-4H2,1H3. The van der Waals surface area contributed by atoms with E-state index in [-0.39, 0.29) is 12.0 Å². The average Bonchev–Trinajstić information content (AvgIpc) is 2.34. The summed E-state index contributed by atoms with van der Waals surface area (Å²) in [7, 11) is 1.38. The number of hydrogen-bond acceptors (Lipinski definition) is 3. The van der Waals surface area contributed by atoms with Gasteiger partial charge in [0, 0.05) is 6.54 Å². The summed E-state index contributed by atoms with van der Waals surface area (Å²) in [5.74, 6) is -0.229. The van der Waals surface area contributed by atoms with Crippen molar-refractivity contribution < 1.29 is 9.53 Å². The molecule has 1 rings (SSSR count). The average molecular weight is 164 g/mol. The lowest BCUT2D eigenvalue weighted by Gasteiger charge is -2.12. The summed E-state index contributed by atoms with van der Waals surface area (Å²) >= 11 is 5.68. The molecule has 1 heterocycles. The number of hydrogen-bond donors (Lipinski definition) is 0. The van der Waals surface area contributed by atoms with Gasteiger partial charge in [0.05, 0.1) is 7.11 Å². The first-order valence-electron chi connectivity index (χ1n) is 3.26. The summed E-state index contributed by atoms with van der Waals surface area (Å²) in [6, 6.07) is -0.216. The molecule has 0 saturated carbocycles. The van der Waals surface area contributed by atoms with Crippen molar-refractivity contribution in [2.24, 2.45) is 0 Å². The fraction of sp³-hybridized carbons (Fsp3) is 0.833. The van der Waals surface area contributed by atoms with Crippen LogP contribution in [0.2, 0.25) is 0 Å². The molecule has 10 heavy (non-hydrogen) atoms. The number of methoxy groups -OCH3 is 1. The van der Waals surface area contributed by atoms with Gasteiger partial charge in [-0.25, -0.2) is 4.42 Å². The fourth-order valence-corrected chi connectivity index (χ4v) is 1.40. The van der Waals surface area contributed by atoms with Crippen LogP contribution in [0.15, 0.2) is 0 Å². The number of ether oxygens (including phenoxy) is 1. The third-order valence-corrected chi connectivity index (χ3v) is 2.07. The maximum atomic E-state index is 10.9. The second-order valence-electron chi connectivity index (χ2n) is 2.30. The van der Waals surface area contributed by atoms with Crippen molar-refractivity contribution in [2.75, 3.05) is 13.7 Å². The third kappa shape index (κ3) is 1.41. The largest absolute Gasteiger partial charge is 0.468 e. The van der Waals surface area contributed by atoms with Crippen LogP contribution in [0.1, 0.15) is 12.8 Å². The summed E-state index contributed by atoms with van der Waals surface area (Å²) in [6.45, 7) is 0.779. The molecule has 1 saturated heterocycles. The van der Waals surface area contributed by atoms with E-state index in [9.17, 15) is 4.79 Å². The van der Waals surface area contributed by atoms with Crippen LogP contribution in [-0.4, -0.2) is 30.1 Å². The molecule has 0 radical (unpaired) electrons. The van der Waals surface area contributed by atoms with Gasteiger partial charge in [-0.3, -0.25) is 4.79 Å². The maximum absolute atomic E-state index is 10.9. The Morgan fingerprint density at radius 1 is 1.80 bits per heavy atom. The molecule has 0 aliphatic carbocycles. The lowest BCUT2D eigenvalue weighted by molar-refractivity contribution is -0.144. The van der Waals surface area contributed by atoms with Gasteiger partial charge in [-0.1, -0.05) is 0 Å². The van der Waals surface area contributed by atoms with E-state index in [1.807, 2.05) is 0 Å². The summed E-state index contributed by atoms with van der Waals surface area (Å²) in [5.41, 5.74) is 0. The van der Waals surface area contributed by atoms with Gasteiger partial charge in [0.15, 0.2) is 0 Å². The molecule has 0 spiro atoms. The Kier molecular flexibility index (Phi) is 2.51. The Morgan fingerprint density at radius 2 is 2.50 bits per heavy atom. The third-order valence-electron chi connectivity index (χ3n) is 1.66. The number of carbonyl (C=O) groups is 1. The Labute approximate surface area is 65.0 Å². The first-order valence-corrected chi connectivity index (χ1v) is 3.59. The minimum Gasteiger partial charge on any atom is -0.468 e. The quantitative estimate of drug-likeness (QED) is 0.423. The molecule has 1 unspecified atom stereocenters. The molecular formula is C6H10ClNO2. The van der Waals surface area contributed by atoms with E-state index in [1.54, 1.807) is 0 Å². The van der Waals surface area contributed by atoms with Crippen LogP contribution in [-0.2, 0) is 9.53 Å². The Hall–Kier alpha value is -0.280. The molecule has 0 aromatic carbocycles. The number of nitrogens with zero attached hydrogens (tertiary/aromatic N) is 1. The van der Waals surface area contributed by atoms with Crippen molar-refractivity contribution in [1.82, 2.24) is 4.42 Å².